The topological polar surface area (TPSA) is 77.2 Å². The molecule has 140 valence electrons. The fraction of sp³-hybridized carbons (Fsp3) is 0.211. The lowest BCUT2D eigenvalue weighted by Crippen LogP contribution is -2.24. The summed E-state index contributed by atoms with van der Waals surface area (Å²) >= 11 is 7.10. The smallest absolute Gasteiger partial charge is 0.277 e. The van der Waals surface area contributed by atoms with E-state index < -0.39 is 0 Å². The minimum absolute atomic E-state index is 0.129. The zero-order chi connectivity index (χ0) is 19.1. The number of ether oxygens (including phenoxy) is 1. The third kappa shape index (κ3) is 6.30. The molecular weight excluding hydrogens is 386 g/mol. The number of nitrogens with one attached hydrogen (secondary N) is 1. The molecule has 0 spiro atoms. The lowest BCUT2D eigenvalue weighted by molar-refractivity contribution is -0.118. The normalized spacial score (nSPS) is 10.6. The SMILES string of the molecule is Cc1cccc(OCc2nnc(SCC(=O)NCc3cccc(Cl)c3)o2)c1. The van der Waals surface area contributed by atoms with Gasteiger partial charge in [0, 0.05) is 11.6 Å². The third-order valence-electron chi connectivity index (χ3n) is 3.51. The van der Waals surface area contributed by atoms with Crippen LogP contribution in [0.2, 0.25) is 5.02 Å². The molecule has 6 nitrogen and oxygen atoms in total. The highest BCUT2D eigenvalue weighted by Crippen LogP contribution is 2.18. The van der Waals surface area contributed by atoms with Gasteiger partial charge in [-0.05, 0) is 42.3 Å². The number of hydrogen-bond acceptors (Lipinski definition) is 6. The molecule has 3 rings (SSSR count). The average Bonchev–Trinajstić information content (AvgIpc) is 3.11. The van der Waals surface area contributed by atoms with Crippen molar-refractivity contribution in [2.45, 2.75) is 25.3 Å². The largest absolute Gasteiger partial charge is 0.484 e. The van der Waals surface area contributed by atoms with Crippen LogP contribution in [0.5, 0.6) is 5.75 Å². The van der Waals surface area contributed by atoms with Crippen molar-refractivity contribution in [1.82, 2.24) is 15.5 Å². The van der Waals surface area contributed by atoms with Crippen LogP contribution in [0.4, 0.5) is 0 Å². The summed E-state index contributed by atoms with van der Waals surface area (Å²) in [6.07, 6.45) is 0. The molecule has 0 unspecified atom stereocenters. The fourth-order valence-corrected chi connectivity index (χ4v) is 3.05. The van der Waals surface area contributed by atoms with Gasteiger partial charge in [-0.25, -0.2) is 0 Å². The van der Waals surface area contributed by atoms with E-state index in [2.05, 4.69) is 15.5 Å². The van der Waals surface area contributed by atoms with Gasteiger partial charge in [-0.1, -0.05) is 47.6 Å². The average molecular weight is 404 g/mol. The van der Waals surface area contributed by atoms with Gasteiger partial charge in [-0.15, -0.1) is 10.2 Å². The third-order valence-corrected chi connectivity index (χ3v) is 4.56. The second-order valence-corrected chi connectivity index (χ2v) is 7.13. The summed E-state index contributed by atoms with van der Waals surface area (Å²) in [6, 6.07) is 15.0. The number of hydrogen-bond donors (Lipinski definition) is 1. The molecule has 1 amide bonds. The Hall–Kier alpha value is -2.51. The molecule has 1 N–H and O–H groups in total. The van der Waals surface area contributed by atoms with Gasteiger partial charge in [-0.2, -0.15) is 0 Å². The van der Waals surface area contributed by atoms with Crippen molar-refractivity contribution in [3.05, 3.63) is 70.6 Å². The van der Waals surface area contributed by atoms with E-state index >= 15 is 0 Å². The summed E-state index contributed by atoms with van der Waals surface area (Å²) in [6.45, 7) is 2.59. The van der Waals surface area contributed by atoms with Gasteiger partial charge in [0.15, 0.2) is 6.61 Å². The van der Waals surface area contributed by atoms with E-state index in [-0.39, 0.29) is 18.3 Å². The molecule has 0 bridgehead atoms. The Balaban J connectivity index is 1.41. The lowest BCUT2D eigenvalue weighted by atomic mass is 10.2. The Morgan fingerprint density at radius 3 is 2.89 bits per heavy atom. The second-order valence-electron chi connectivity index (χ2n) is 5.76. The van der Waals surface area contributed by atoms with Gasteiger partial charge in [0.1, 0.15) is 5.75 Å². The number of benzene rings is 2. The molecule has 0 saturated carbocycles. The maximum Gasteiger partial charge on any atom is 0.277 e. The number of aryl methyl sites for hydroxylation is 1. The van der Waals surface area contributed by atoms with Crippen LogP contribution >= 0.6 is 23.4 Å². The van der Waals surface area contributed by atoms with Gasteiger partial charge in [-0.3, -0.25) is 4.79 Å². The highest BCUT2D eigenvalue weighted by Gasteiger charge is 2.10. The monoisotopic (exact) mass is 403 g/mol. The summed E-state index contributed by atoms with van der Waals surface area (Å²) in [5.41, 5.74) is 2.05. The Morgan fingerprint density at radius 2 is 2.07 bits per heavy atom. The number of rotatable bonds is 8. The first kappa shape index (κ1) is 19.3. The molecule has 1 aromatic heterocycles. The Bertz CT molecular complexity index is 916. The van der Waals surface area contributed by atoms with Crippen molar-refractivity contribution < 1.29 is 13.9 Å². The summed E-state index contributed by atoms with van der Waals surface area (Å²) in [7, 11) is 0. The zero-order valence-electron chi connectivity index (χ0n) is 14.6. The lowest BCUT2D eigenvalue weighted by Gasteiger charge is -2.04. The van der Waals surface area contributed by atoms with E-state index in [0.717, 1.165) is 16.9 Å². The first-order valence-corrected chi connectivity index (χ1v) is 9.60. The summed E-state index contributed by atoms with van der Waals surface area (Å²) in [4.78, 5) is 11.9. The standard InChI is InChI=1S/C19H18ClN3O3S/c1-13-4-2-7-16(8-13)25-11-18-22-23-19(26-18)27-12-17(24)21-10-14-5-3-6-15(20)9-14/h2-9H,10-12H2,1H3,(H,21,24). The number of nitrogens with zero attached hydrogens (tertiary/aromatic N) is 2. The van der Waals surface area contributed by atoms with Gasteiger partial charge in [0.05, 0.1) is 5.75 Å². The molecule has 0 radical (unpaired) electrons. The molecule has 0 saturated heterocycles. The van der Waals surface area contributed by atoms with Crippen LogP contribution in [0.15, 0.2) is 58.2 Å². The number of amides is 1. The first-order chi connectivity index (χ1) is 13.1. The van der Waals surface area contributed by atoms with Crippen LogP contribution in [0.1, 0.15) is 17.0 Å². The van der Waals surface area contributed by atoms with Crippen molar-refractivity contribution in [2.75, 3.05) is 5.75 Å². The number of carbonyl (C=O) groups is 1. The van der Waals surface area contributed by atoms with E-state index in [1.165, 1.54) is 11.8 Å². The minimum atomic E-state index is -0.129. The van der Waals surface area contributed by atoms with E-state index in [4.69, 9.17) is 20.8 Å². The molecule has 0 aliphatic rings. The molecule has 27 heavy (non-hydrogen) atoms. The Kier molecular flexibility index (Phi) is 6.73. The van der Waals surface area contributed by atoms with E-state index in [1.54, 1.807) is 6.07 Å². The summed E-state index contributed by atoms with van der Waals surface area (Å²) < 4.78 is 11.1. The molecule has 2 aromatic carbocycles. The van der Waals surface area contributed by atoms with Gasteiger partial charge in [0.25, 0.3) is 11.1 Å². The molecule has 8 heteroatoms. The van der Waals surface area contributed by atoms with Crippen LogP contribution in [0, 0.1) is 6.92 Å². The molecule has 1 heterocycles. The van der Waals surface area contributed by atoms with Crippen molar-refractivity contribution >= 4 is 29.3 Å². The second kappa shape index (κ2) is 9.43. The van der Waals surface area contributed by atoms with Crippen molar-refractivity contribution in [1.29, 1.82) is 0 Å². The predicted octanol–water partition coefficient (Wildman–Crippen LogP) is 4.02. The van der Waals surface area contributed by atoms with Gasteiger partial charge in [0.2, 0.25) is 5.91 Å². The van der Waals surface area contributed by atoms with Crippen molar-refractivity contribution in [3.8, 4) is 5.75 Å². The fourth-order valence-electron chi connectivity index (χ4n) is 2.23. The summed E-state index contributed by atoms with van der Waals surface area (Å²) in [5.74, 6) is 1.15. The molecule has 0 aliphatic heterocycles. The maximum atomic E-state index is 11.9. The predicted molar refractivity (Wildman–Crippen MR) is 104 cm³/mol. The van der Waals surface area contributed by atoms with Crippen molar-refractivity contribution in [2.24, 2.45) is 0 Å². The maximum absolute atomic E-state index is 11.9. The van der Waals surface area contributed by atoms with Crippen LogP contribution in [-0.4, -0.2) is 21.9 Å². The van der Waals surface area contributed by atoms with Gasteiger partial charge < -0.3 is 14.5 Å². The van der Waals surface area contributed by atoms with E-state index in [0.29, 0.717) is 22.7 Å². The quantitative estimate of drug-likeness (QED) is 0.572. The number of aromatic nitrogens is 2. The highest BCUT2D eigenvalue weighted by atomic mass is 35.5. The minimum Gasteiger partial charge on any atom is -0.484 e. The molecule has 3 aromatic rings. The van der Waals surface area contributed by atoms with E-state index in [9.17, 15) is 4.79 Å². The summed E-state index contributed by atoms with van der Waals surface area (Å²) in [5, 5.41) is 11.6. The molecule has 0 fully saturated rings. The Labute approximate surface area is 166 Å². The Morgan fingerprint density at radius 1 is 1.22 bits per heavy atom. The first-order valence-electron chi connectivity index (χ1n) is 8.24. The molecule has 0 atom stereocenters. The number of halogens is 1. The van der Waals surface area contributed by atoms with Gasteiger partial charge >= 0.3 is 0 Å². The number of carbonyl (C=O) groups excluding carboxylic acids is 1. The highest BCUT2D eigenvalue weighted by molar-refractivity contribution is 7.99. The molecular formula is C19H18ClN3O3S. The van der Waals surface area contributed by atoms with Crippen LogP contribution in [-0.2, 0) is 17.9 Å². The van der Waals surface area contributed by atoms with Crippen molar-refractivity contribution in [3.63, 3.8) is 0 Å². The molecule has 0 aliphatic carbocycles. The number of thioether (sulfide) groups is 1. The zero-order valence-corrected chi connectivity index (χ0v) is 16.2. The van der Waals surface area contributed by atoms with Crippen LogP contribution in [0.25, 0.3) is 0 Å². The van der Waals surface area contributed by atoms with Crippen LogP contribution < -0.4 is 10.1 Å². The van der Waals surface area contributed by atoms with Crippen LogP contribution in [0.3, 0.4) is 0 Å². The van der Waals surface area contributed by atoms with E-state index in [1.807, 2.05) is 49.4 Å².